The van der Waals surface area contributed by atoms with Gasteiger partial charge in [-0.25, -0.2) is 9.36 Å². The van der Waals surface area contributed by atoms with E-state index in [4.69, 9.17) is 9.52 Å². The van der Waals surface area contributed by atoms with E-state index in [2.05, 4.69) is 11.0 Å². The van der Waals surface area contributed by atoms with Gasteiger partial charge in [0, 0.05) is 47.4 Å². The lowest BCUT2D eigenvalue weighted by Gasteiger charge is -2.37. The van der Waals surface area contributed by atoms with Gasteiger partial charge in [-0.15, -0.1) is 0 Å². The molecule has 0 unspecified atom stereocenters. The number of hydrogen-bond donors (Lipinski definition) is 1. The van der Waals surface area contributed by atoms with Gasteiger partial charge < -0.3 is 14.4 Å². The van der Waals surface area contributed by atoms with Gasteiger partial charge in [-0.2, -0.15) is 0 Å². The smallest absolute Gasteiger partial charge is 0.344 e. The largest absolute Gasteiger partial charge is 0.422 e. The van der Waals surface area contributed by atoms with Crippen LogP contribution in [0.3, 0.4) is 0 Å². The molecule has 2 aliphatic rings. The van der Waals surface area contributed by atoms with Gasteiger partial charge in [-0.1, -0.05) is 0 Å². The summed E-state index contributed by atoms with van der Waals surface area (Å²) in [7, 11) is 0. The minimum absolute atomic E-state index is 0.0903. The molecule has 1 N–H and O–H groups in total. The lowest BCUT2D eigenvalue weighted by atomic mass is 9.89. The SMILES string of the molecule is O=c1oc2c3c4c(cc2cc1-c1cc[n+](CCO)cc1)CCCN4CCC3. The zero-order valence-corrected chi connectivity index (χ0v) is 15.3. The predicted molar refractivity (Wildman–Crippen MR) is 104 cm³/mol. The van der Waals surface area contributed by atoms with E-state index >= 15 is 0 Å². The molecule has 1 aromatic carbocycles. The van der Waals surface area contributed by atoms with Gasteiger partial charge in [-0.05, 0) is 43.4 Å². The van der Waals surface area contributed by atoms with Crippen molar-refractivity contribution in [2.75, 3.05) is 24.6 Å². The van der Waals surface area contributed by atoms with Crippen LogP contribution >= 0.6 is 0 Å². The van der Waals surface area contributed by atoms with Gasteiger partial charge in [0.25, 0.3) is 0 Å². The molecule has 0 fully saturated rings. The first kappa shape index (κ1) is 16.5. The topological polar surface area (TPSA) is 57.6 Å². The van der Waals surface area contributed by atoms with Crippen LogP contribution in [0.5, 0.6) is 0 Å². The van der Waals surface area contributed by atoms with Crippen molar-refractivity contribution in [2.24, 2.45) is 0 Å². The molecule has 0 amide bonds. The molecular weight excluding hydrogens is 340 g/mol. The van der Waals surface area contributed by atoms with Crippen molar-refractivity contribution in [3.63, 3.8) is 0 Å². The van der Waals surface area contributed by atoms with Crippen molar-refractivity contribution in [1.82, 2.24) is 0 Å². The molecule has 2 aromatic heterocycles. The Hall–Kier alpha value is -2.66. The van der Waals surface area contributed by atoms with Gasteiger partial charge in [0.05, 0.1) is 5.56 Å². The number of pyridine rings is 1. The second-order valence-electron chi connectivity index (χ2n) is 7.47. The van der Waals surface area contributed by atoms with Gasteiger partial charge in [-0.3, -0.25) is 0 Å². The van der Waals surface area contributed by atoms with Gasteiger partial charge in [0.1, 0.15) is 12.2 Å². The molecule has 0 saturated heterocycles. The summed E-state index contributed by atoms with van der Waals surface area (Å²) in [5.41, 5.74) is 5.83. The summed E-state index contributed by atoms with van der Waals surface area (Å²) in [6.07, 6.45) is 8.12. The van der Waals surface area contributed by atoms with Crippen LogP contribution in [0.15, 0.2) is 45.9 Å². The molecule has 3 aromatic rings. The maximum Gasteiger partial charge on any atom is 0.344 e. The van der Waals surface area contributed by atoms with Crippen LogP contribution in [-0.4, -0.2) is 24.8 Å². The van der Waals surface area contributed by atoms with Gasteiger partial charge >= 0.3 is 5.63 Å². The number of aryl methyl sites for hydroxylation is 2. The summed E-state index contributed by atoms with van der Waals surface area (Å²) in [5.74, 6) is 0. The zero-order valence-electron chi connectivity index (χ0n) is 15.3. The van der Waals surface area contributed by atoms with Crippen molar-refractivity contribution >= 4 is 16.7 Å². The fourth-order valence-electron chi connectivity index (χ4n) is 4.55. The minimum Gasteiger partial charge on any atom is -0.422 e. The molecule has 5 rings (SSSR count). The molecule has 2 aliphatic heterocycles. The van der Waals surface area contributed by atoms with Gasteiger partial charge in [0.2, 0.25) is 0 Å². The van der Waals surface area contributed by atoms with E-state index in [0.29, 0.717) is 12.1 Å². The van der Waals surface area contributed by atoms with Crippen LogP contribution in [0.25, 0.3) is 22.1 Å². The standard InChI is InChI=1S/C22H23N2O3/c25-12-11-23-9-5-15(6-10-23)19-14-17-13-16-3-1-7-24-8-2-4-18(20(16)24)21(17)27-22(19)26/h5-6,9-10,13-14,25H,1-4,7-8,11-12H2/q+1. The second kappa shape index (κ2) is 6.50. The highest BCUT2D eigenvalue weighted by Crippen LogP contribution is 2.40. The number of hydrogen-bond acceptors (Lipinski definition) is 4. The van der Waals surface area contributed by atoms with Crippen LogP contribution in [0, 0.1) is 0 Å². The molecule has 138 valence electrons. The van der Waals surface area contributed by atoms with Gasteiger partial charge in [0.15, 0.2) is 18.9 Å². The molecule has 0 radical (unpaired) electrons. The van der Waals surface area contributed by atoms with E-state index in [1.54, 1.807) is 0 Å². The fourth-order valence-corrected chi connectivity index (χ4v) is 4.55. The lowest BCUT2D eigenvalue weighted by molar-refractivity contribution is -0.698. The number of anilines is 1. The summed E-state index contributed by atoms with van der Waals surface area (Å²) < 4.78 is 7.76. The molecule has 0 spiro atoms. The Balaban J connectivity index is 1.67. The lowest BCUT2D eigenvalue weighted by Crippen LogP contribution is -2.34. The molecule has 0 aliphatic carbocycles. The highest BCUT2D eigenvalue weighted by Gasteiger charge is 2.27. The summed E-state index contributed by atoms with van der Waals surface area (Å²) in [5, 5.41) is 10.1. The van der Waals surface area contributed by atoms with E-state index in [1.165, 1.54) is 23.2 Å². The summed E-state index contributed by atoms with van der Waals surface area (Å²) in [6, 6.07) is 8.00. The van der Waals surface area contributed by atoms with Crippen LogP contribution in [-0.2, 0) is 19.4 Å². The third-order valence-corrected chi connectivity index (χ3v) is 5.78. The minimum atomic E-state index is -0.286. The molecule has 5 nitrogen and oxygen atoms in total. The van der Waals surface area contributed by atoms with E-state index in [9.17, 15) is 4.79 Å². The molecule has 5 heteroatoms. The molecular formula is C22H23N2O3+. The molecule has 0 bridgehead atoms. The van der Waals surface area contributed by atoms with E-state index in [1.807, 2.05) is 35.2 Å². The Morgan fingerprint density at radius 1 is 1.11 bits per heavy atom. The number of benzene rings is 1. The number of rotatable bonds is 3. The summed E-state index contributed by atoms with van der Waals surface area (Å²) >= 11 is 0. The van der Waals surface area contributed by atoms with E-state index in [-0.39, 0.29) is 12.2 Å². The Morgan fingerprint density at radius 2 is 1.89 bits per heavy atom. The molecule has 0 atom stereocenters. The second-order valence-corrected chi connectivity index (χ2v) is 7.47. The average Bonchev–Trinajstić information content (AvgIpc) is 2.70. The monoisotopic (exact) mass is 363 g/mol. The highest BCUT2D eigenvalue weighted by atomic mass is 16.4. The Labute approximate surface area is 157 Å². The zero-order chi connectivity index (χ0) is 18.4. The Bertz CT molecular complexity index is 1070. The summed E-state index contributed by atoms with van der Waals surface area (Å²) in [6.45, 7) is 2.84. The first-order valence-corrected chi connectivity index (χ1v) is 9.72. The quantitative estimate of drug-likeness (QED) is 0.574. The van der Waals surface area contributed by atoms with Crippen LogP contribution < -0.4 is 15.1 Å². The van der Waals surface area contributed by atoms with Crippen LogP contribution in [0.1, 0.15) is 24.0 Å². The predicted octanol–water partition coefficient (Wildman–Crippen LogP) is 2.44. The van der Waals surface area contributed by atoms with Crippen molar-refractivity contribution in [2.45, 2.75) is 32.2 Å². The maximum absolute atomic E-state index is 12.8. The first-order chi connectivity index (χ1) is 13.2. The number of aliphatic hydroxyl groups excluding tert-OH is 1. The van der Waals surface area contributed by atoms with Crippen molar-refractivity contribution in [3.8, 4) is 11.1 Å². The third kappa shape index (κ3) is 2.73. The molecule has 27 heavy (non-hydrogen) atoms. The van der Waals surface area contributed by atoms with Crippen LogP contribution in [0.4, 0.5) is 5.69 Å². The van der Waals surface area contributed by atoms with E-state index in [0.717, 1.165) is 48.9 Å². The summed E-state index contributed by atoms with van der Waals surface area (Å²) in [4.78, 5) is 15.2. The normalized spacial score (nSPS) is 15.8. The van der Waals surface area contributed by atoms with Crippen molar-refractivity contribution < 1.29 is 14.1 Å². The molecule has 0 saturated carbocycles. The third-order valence-electron chi connectivity index (χ3n) is 5.78. The number of aromatic nitrogens is 1. The number of nitrogens with zero attached hydrogens (tertiary/aromatic N) is 2. The fraction of sp³-hybridized carbons (Fsp3) is 0.364. The Morgan fingerprint density at radius 3 is 2.67 bits per heavy atom. The number of aliphatic hydroxyl groups is 1. The number of fused-ring (bicyclic) bond motifs is 2. The maximum atomic E-state index is 12.8. The first-order valence-electron chi connectivity index (χ1n) is 9.72. The Kier molecular flexibility index (Phi) is 3.97. The van der Waals surface area contributed by atoms with E-state index < -0.39 is 0 Å². The molecule has 4 heterocycles. The van der Waals surface area contributed by atoms with Crippen LogP contribution in [0.2, 0.25) is 0 Å². The average molecular weight is 363 g/mol. The van der Waals surface area contributed by atoms with Crippen molar-refractivity contribution in [3.05, 3.63) is 58.2 Å². The van der Waals surface area contributed by atoms with Crippen molar-refractivity contribution in [1.29, 1.82) is 0 Å². The highest BCUT2D eigenvalue weighted by molar-refractivity contribution is 5.90.